The SMILES string of the molecule is CCCC1(c2cc(Cl)cc(Cl)c2)OCCO1. The Hall–Kier alpha value is -0.280. The van der Waals surface area contributed by atoms with Crippen molar-refractivity contribution < 1.29 is 9.47 Å². The third kappa shape index (κ3) is 2.35. The van der Waals surface area contributed by atoms with E-state index in [1.54, 1.807) is 6.07 Å². The summed E-state index contributed by atoms with van der Waals surface area (Å²) in [5, 5.41) is 1.22. The zero-order valence-corrected chi connectivity index (χ0v) is 10.6. The Morgan fingerprint density at radius 1 is 1.12 bits per heavy atom. The molecule has 1 aliphatic rings. The van der Waals surface area contributed by atoms with E-state index in [1.165, 1.54) is 0 Å². The lowest BCUT2D eigenvalue weighted by atomic mass is 10.0. The molecule has 0 aromatic heterocycles. The number of halogens is 2. The van der Waals surface area contributed by atoms with E-state index in [-0.39, 0.29) is 0 Å². The first-order chi connectivity index (χ1) is 7.66. The van der Waals surface area contributed by atoms with Gasteiger partial charge in [-0.25, -0.2) is 0 Å². The van der Waals surface area contributed by atoms with E-state index in [0.717, 1.165) is 18.4 Å². The second kappa shape index (κ2) is 4.92. The van der Waals surface area contributed by atoms with Crippen molar-refractivity contribution in [2.75, 3.05) is 13.2 Å². The molecule has 1 heterocycles. The van der Waals surface area contributed by atoms with Crippen LogP contribution in [-0.4, -0.2) is 13.2 Å². The second-order valence-electron chi connectivity index (χ2n) is 3.86. The maximum atomic E-state index is 6.00. The molecule has 4 heteroatoms. The van der Waals surface area contributed by atoms with Crippen LogP contribution < -0.4 is 0 Å². The zero-order chi connectivity index (χ0) is 11.6. The van der Waals surface area contributed by atoms with E-state index in [9.17, 15) is 0 Å². The van der Waals surface area contributed by atoms with Crippen molar-refractivity contribution in [3.8, 4) is 0 Å². The standard InChI is InChI=1S/C12H14Cl2O2/c1-2-3-12(15-4-5-16-12)9-6-10(13)8-11(14)7-9/h6-8H,2-5H2,1H3. The van der Waals surface area contributed by atoms with E-state index in [0.29, 0.717) is 23.3 Å². The van der Waals surface area contributed by atoms with Gasteiger partial charge in [-0.3, -0.25) is 0 Å². The summed E-state index contributed by atoms with van der Waals surface area (Å²) < 4.78 is 11.5. The van der Waals surface area contributed by atoms with E-state index in [4.69, 9.17) is 32.7 Å². The smallest absolute Gasteiger partial charge is 0.195 e. The summed E-state index contributed by atoms with van der Waals surface area (Å²) in [5.74, 6) is -0.650. The van der Waals surface area contributed by atoms with E-state index in [2.05, 4.69) is 6.92 Å². The van der Waals surface area contributed by atoms with Crippen LogP contribution in [0.3, 0.4) is 0 Å². The predicted octanol–water partition coefficient (Wildman–Crippen LogP) is 3.99. The first kappa shape index (κ1) is 12.2. The van der Waals surface area contributed by atoms with Gasteiger partial charge in [0.05, 0.1) is 13.2 Å². The quantitative estimate of drug-likeness (QED) is 0.818. The van der Waals surface area contributed by atoms with Crippen molar-refractivity contribution in [1.82, 2.24) is 0 Å². The molecule has 1 saturated heterocycles. The highest BCUT2D eigenvalue weighted by Crippen LogP contribution is 2.38. The molecule has 0 atom stereocenters. The van der Waals surface area contributed by atoms with E-state index in [1.807, 2.05) is 12.1 Å². The lowest BCUT2D eigenvalue weighted by molar-refractivity contribution is -0.170. The van der Waals surface area contributed by atoms with Gasteiger partial charge in [0.1, 0.15) is 0 Å². The number of benzene rings is 1. The first-order valence-electron chi connectivity index (χ1n) is 5.41. The second-order valence-corrected chi connectivity index (χ2v) is 4.73. The molecule has 0 N–H and O–H groups in total. The van der Waals surface area contributed by atoms with Gasteiger partial charge in [0.2, 0.25) is 0 Å². The van der Waals surface area contributed by atoms with Gasteiger partial charge in [0, 0.05) is 22.0 Å². The average molecular weight is 261 g/mol. The van der Waals surface area contributed by atoms with Crippen LogP contribution in [0.2, 0.25) is 10.0 Å². The number of hydrogen-bond donors (Lipinski definition) is 0. The molecule has 2 nitrogen and oxygen atoms in total. The van der Waals surface area contributed by atoms with Gasteiger partial charge in [-0.2, -0.15) is 0 Å². The largest absolute Gasteiger partial charge is 0.343 e. The molecule has 16 heavy (non-hydrogen) atoms. The van der Waals surface area contributed by atoms with Gasteiger partial charge in [-0.05, 0) is 18.2 Å². The van der Waals surface area contributed by atoms with Crippen molar-refractivity contribution in [1.29, 1.82) is 0 Å². The number of hydrogen-bond acceptors (Lipinski definition) is 2. The minimum atomic E-state index is -0.650. The van der Waals surface area contributed by atoms with Gasteiger partial charge >= 0.3 is 0 Å². The Morgan fingerprint density at radius 3 is 2.19 bits per heavy atom. The van der Waals surface area contributed by atoms with Gasteiger partial charge in [-0.1, -0.05) is 36.5 Å². The lowest BCUT2D eigenvalue weighted by Crippen LogP contribution is -2.26. The highest BCUT2D eigenvalue weighted by atomic mass is 35.5. The fourth-order valence-corrected chi connectivity index (χ4v) is 2.54. The van der Waals surface area contributed by atoms with Crippen LogP contribution in [0.25, 0.3) is 0 Å². The fourth-order valence-electron chi connectivity index (χ4n) is 2.01. The Kier molecular flexibility index (Phi) is 3.75. The maximum Gasteiger partial charge on any atom is 0.195 e. The van der Waals surface area contributed by atoms with E-state index < -0.39 is 5.79 Å². The molecule has 2 rings (SSSR count). The van der Waals surface area contributed by atoms with Crippen molar-refractivity contribution >= 4 is 23.2 Å². The molecule has 1 aromatic carbocycles. The Balaban J connectivity index is 2.38. The molecule has 0 aliphatic carbocycles. The summed E-state index contributed by atoms with van der Waals surface area (Å²) >= 11 is 12.0. The molecule has 0 bridgehead atoms. The summed E-state index contributed by atoms with van der Waals surface area (Å²) in [6.07, 6.45) is 1.79. The lowest BCUT2D eigenvalue weighted by Gasteiger charge is -2.27. The molecule has 0 unspecified atom stereocenters. The molecule has 0 radical (unpaired) electrons. The zero-order valence-electron chi connectivity index (χ0n) is 9.13. The minimum absolute atomic E-state index is 0.608. The average Bonchev–Trinajstić information content (AvgIpc) is 2.66. The van der Waals surface area contributed by atoms with Crippen LogP contribution >= 0.6 is 23.2 Å². The topological polar surface area (TPSA) is 18.5 Å². The molecule has 0 spiro atoms. The van der Waals surface area contributed by atoms with Crippen LogP contribution in [0.4, 0.5) is 0 Å². The van der Waals surface area contributed by atoms with Gasteiger partial charge < -0.3 is 9.47 Å². The molecule has 1 aliphatic heterocycles. The monoisotopic (exact) mass is 260 g/mol. The van der Waals surface area contributed by atoms with Crippen molar-refractivity contribution in [3.05, 3.63) is 33.8 Å². The molecule has 1 aromatic rings. The highest BCUT2D eigenvalue weighted by molar-refractivity contribution is 6.34. The van der Waals surface area contributed by atoms with Crippen LogP contribution in [0.15, 0.2) is 18.2 Å². The van der Waals surface area contributed by atoms with Gasteiger partial charge in [0.25, 0.3) is 0 Å². The van der Waals surface area contributed by atoms with Crippen LogP contribution in [0.5, 0.6) is 0 Å². The third-order valence-corrected chi connectivity index (χ3v) is 3.07. The van der Waals surface area contributed by atoms with Crippen LogP contribution in [-0.2, 0) is 15.3 Å². The van der Waals surface area contributed by atoms with Gasteiger partial charge in [0.15, 0.2) is 5.79 Å². The van der Waals surface area contributed by atoms with Crippen molar-refractivity contribution in [2.24, 2.45) is 0 Å². The Bertz CT molecular complexity index is 353. The molecular formula is C12H14Cl2O2. The van der Waals surface area contributed by atoms with Crippen molar-refractivity contribution in [2.45, 2.75) is 25.6 Å². The number of ether oxygens (including phenoxy) is 2. The summed E-state index contributed by atoms with van der Waals surface area (Å²) in [6.45, 7) is 3.33. The Morgan fingerprint density at radius 2 is 1.69 bits per heavy atom. The fraction of sp³-hybridized carbons (Fsp3) is 0.500. The minimum Gasteiger partial charge on any atom is -0.343 e. The highest BCUT2D eigenvalue weighted by Gasteiger charge is 2.37. The summed E-state index contributed by atoms with van der Waals surface area (Å²) in [4.78, 5) is 0. The molecule has 0 amide bonds. The van der Waals surface area contributed by atoms with Gasteiger partial charge in [-0.15, -0.1) is 0 Å². The van der Waals surface area contributed by atoms with E-state index >= 15 is 0 Å². The molecule has 1 fully saturated rings. The molecular weight excluding hydrogens is 247 g/mol. The number of rotatable bonds is 3. The van der Waals surface area contributed by atoms with Crippen LogP contribution in [0, 0.1) is 0 Å². The summed E-state index contributed by atoms with van der Waals surface area (Å²) in [7, 11) is 0. The normalized spacial score (nSPS) is 18.9. The molecule has 88 valence electrons. The maximum absolute atomic E-state index is 6.00. The van der Waals surface area contributed by atoms with Crippen molar-refractivity contribution in [3.63, 3.8) is 0 Å². The molecule has 0 saturated carbocycles. The third-order valence-electron chi connectivity index (χ3n) is 2.64. The van der Waals surface area contributed by atoms with Crippen LogP contribution in [0.1, 0.15) is 25.3 Å². The predicted molar refractivity (Wildman–Crippen MR) is 65.0 cm³/mol. The summed E-state index contributed by atoms with van der Waals surface area (Å²) in [5.41, 5.74) is 0.907. The summed E-state index contributed by atoms with van der Waals surface area (Å²) in [6, 6.07) is 5.42. The first-order valence-corrected chi connectivity index (χ1v) is 6.16. The Labute approximate surface area is 105 Å².